The molecule has 0 spiro atoms. The molecule has 0 aliphatic heterocycles. The van der Waals surface area contributed by atoms with Crippen LogP contribution in [0, 0.1) is 0 Å². The van der Waals surface area contributed by atoms with Crippen LogP contribution in [-0.2, 0) is 20.1 Å². The highest BCUT2D eigenvalue weighted by Gasteiger charge is 2.32. The zero-order valence-corrected chi connectivity index (χ0v) is 17.5. The Labute approximate surface area is 186 Å². The van der Waals surface area contributed by atoms with Crippen LogP contribution in [0.25, 0.3) is 11.2 Å². The standard InChI is InChI=1S/C19H18F6N4O5/c1-27-14-13(15(31)29(17(27)32)7-3-9-30)28(8-6-18(20,21)22)16(26-14)33-11-4-2-5-12(10-11)34-19(23,24)25/h2,4-5,10,30H,3,6-9H2,1H3. The van der Waals surface area contributed by atoms with E-state index in [2.05, 4.69) is 9.72 Å². The minimum Gasteiger partial charge on any atom is -0.425 e. The Kier molecular flexibility index (Phi) is 6.95. The Balaban J connectivity index is 2.15. The van der Waals surface area contributed by atoms with Crippen LogP contribution in [0.3, 0.4) is 0 Å². The molecule has 186 valence electrons. The number of nitrogens with zero attached hydrogens (tertiary/aromatic N) is 4. The van der Waals surface area contributed by atoms with Crippen molar-refractivity contribution in [3.05, 3.63) is 45.1 Å². The summed E-state index contributed by atoms with van der Waals surface area (Å²) in [5.41, 5.74) is -2.43. The van der Waals surface area contributed by atoms with E-state index in [1.165, 1.54) is 13.1 Å². The summed E-state index contributed by atoms with van der Waals surface area (Å²) in [5, 5.41) is 9.01. The minimum absolute atomic E-state index is 0.0344. The van der Waals surface area contributed by atoms with E-state index in [9.17, 15) is 35.9 Å². The Bertz CT molecular complexity index is 1290. The first-order valence-corrected chi connectivity index (χ1v) is 9.72. The first-order valence-electron chi connectivity index (χ1n) is 9.72. The summed E-state index contributed by atoms with van der Waals surface area (Å²) in [4.78, 5) is 29.5. The lowest BCUT2D eigenvalue weighted by atomic mass is 10.3. The number of aliphatic hydroxyl groups is 1. The first kappa shape index (κ1) is 25.1. The van der Waals surface area contributed by atoms with E-state index in [1.54, 1.807) is 0 Å². The Morgan fingerprint density at radius 3 is 2.32 bits per heavy atom. The number of hydrogen-bond donors (Lipinski definition) is 1. The lowest BCUT2D eigenvalue weighted by Gasteiger charge is -2.13. The first-order chi connectivity index (χ1) is 15.8. The molecule has 0 amide bonds. The fraction of sp³-hybridized carbons (Fsp3) is 0.421. The molecule has 0 saturated carbocycles. The van der Waals surface area contributed by atoms with Crippen LogP contribution in [0.15, 0.2) is 33.9 Å². The van der Waals surface area contributed by atoms with Crippen molar-refractivity contribution in [3.63, 3.8) is 0 Å². The molecule has 3 aromatic rings. The molecule has 1 N–H and O–H groups in total. The van der Waals surface area contributed by atoms with Gasteiger partial charge in [-0.1, -0.05) is 6.07 Å². The van der Waals surface area contributed by atoms with E-state index in [0.717, 1.165) is 31.9 Å². The van der Waals surface area contributed by atoms with Crippen molar-refractivity contribution in [1.29, 1.82) is 0 Å². The molecular weight excluding hydrogens is 478 g/mol. The summed E-state index contributed by atoms with van der Waals surface area (Å²) in [6, 6.07) is 3.62. The van der Waals surface area contributed by atoms with Gasteiger partial charge < -0.3 is 14.6 Å². The highest BCUT2D eigenvalue weighted by atomic mass is 19.4. The number of alkyl halides is 6. The summed E-state index contributed by atoms with van der Waals surface area (Å²) in [5.74, 6) is -0.919. The molecule has 34 heavy (non-hydrogen) atoms. The average Bonchev–Trinajstić information content (AvgIpc) is 3.07. The van der Waals surface area contributed by atoms with Gasteiger partial charge in [-0.05, 0) is 18.6 Å². The second-order valence-electron chi connectivity index (χ2n) is 7.08. The molecule has 1 aromatic carbocycles. The van der Waals surface area contributed by atoms with Gasteiger partial charge >= 0.3 is 24.2 Å². The molecule has 0 radical (unpaired) electrons. The second-order valence-corrected chi connectivity index (χ2v) is 7.08. The quantitative estimate of drug-likeness (QED) is 0.482. The van der Waals surface area contributed by atoms with Crippen molar-refractivity contribution < 1.29 is 40.9 Å². The molecule has 0 atom stereocenters. The number of hydrogen-bond acceptors (Lipinski definition) is 6. The number of ether oxygens (including phenoxy) is 2. The number of fused-ring (bicyclic) bond motifs is 1. The third-order valence-corrected chi connectivity index (χ3v) is 4.60. The minimum atomic E-state index is -4.99. The predicted octanol–water partition coefficient (Wildman–Crippen LogP) is 2.92. The summed E-state index contributed by atoms with van der Waals surface area (Å²) >= 11 is 0. The second kappa shape index (κ2) is 9.40. The molecule has 2 aromatic heterocycles. The SMILES string of the molecule is Cn1c(=O)n(CCCO)c(=O)c2c1nc(Oc1cccc(OC(F)(F)F)c1)n2CCC(F)(F)F. The maximum absolute atomic E-state index is 13.0. The van der Waals surface area contributed by atoms with Gasteiger partial charge in [-0.3, -0.25) is 18.5 Å². The zero-order chi connectivity index (χ0) is 25.3. The monoisotopic (exact) mass is 496 g/mol. The van der Waals surface area contributed by atoms with E-state index in [0.29, 0.717) is 0 Å². The van der Waals surface area contributed by atoms with Crippen molar-refractivity contribution in [1.82, 2.24) is 18.7 Å². The number of imidazole rings is 1. The number of aromatic nitrogens is 4. The van der Waals surface area contributed by atoms with Crippen LogP contribution in [0.4, 0.5) is 26.3 Å². The third kappa shape index (κ3) is 5.70. The smallest absolute Gasteiger partial charge is 0.425 e. The Morgan fingerprint density at radius 1 is 1.03 bits per heavy atom. The summed E-state index contributed by atoms with van der Waals surface area (Å²) in [6.45, 7) is -1.36. The van der Waals surface area contributed by atoms with Crippen LogP contribution < -0.4 is 20.7 Å². The highest BCUT2D eigenvalue weighted by molar-refractivity contribution is 5.72. The van der Waals surface area contributed by atoms with E-state index >= 15 is 0 Å². The van der Waals surface area contributed by atoms with Gasteiger partial charge in [0, 0.05) is 32.8 Å². The fourth-order valence-corrected chi connectivity index (χ4v) is 3.14. The molecule has 0 unspecified atom stereocenters. The largest absolute Gasteiger partial charge is 0.573 e. The van der Waals surface area contributed by atoms with Crippen LogP contribution >= 0.6 is 0 Å². The summed E-state index contributed by atoms with van der Waals surface area (Å²) < 4.78 is 88.0. The normalized spacial score (nSPS) is 12.4. The molecule has 3 rings (SSSR count). The van der Waals surface area contributed by atoms with Gasteiger partial charge in [0.05, 0.1) is 6.42 Å². The maximum Gasteiger partial charge on any atom is 0.573 e. The number of benzene rings is 1. The van der Waals surface area contributed by atoms with E-state index in [1.807, 2.05) is 0 Å². The highest BCUT2D eigenvalue weighted by Crippen LogP contribution is 2.31. The molecular formula is C19H18F6N4O5. The van der Waals surface area contributed by atoms with Gasteiger partial charge in [0.15, 0.2) is 11.2 Å². The van der Waals surface area contributed by atoms with Crippen molar-refractivity contribution >= 4 is 11.2 Å². The number of halogens is 6. The summed E-state index contributed by atoms with van der Waals surface area (Å²) in [7, 11) is 1.24. The van der Waals surface area contributed by atoms with Gasteiger partial charge in [-0.15, -0.1) is 13.2 Å². The average molecular weight is 496 g/mol. The molecule has 2 heterocycles. The van der Waals surface area contributed by atoms with Gasteiger partial charge in [-0.2, -0.15) is 18.2 Å². The molecule has 0 aliphatic rings. The van der Waals surface area contributed by atoms with Crippen molar-refractivity contribution in [2.75, 3.05) is 6.61 Å². The predicted molar refractivity (Wildman–Crippen MR) is 105 cm³/mol. The van der Waals surface area contributed by atoms with Crippen LogP contribution in [0.1, 0.15) is 12.8 Å². The molecule has 0 saturated heterocycles. The van der Waals surface area contributed by atoms with Crippen LogP contribution in [-0.4, -0.2) is 42.9 Å². The number of aryl methyl sites for hydroxylation is 2. The van der Waals surface area contributed by atoms with Crippen LogP contribution in [0.5, 0.6) is 17.5 Å². The lowest BCUT2D eigenvalue weighted by Crippen LogP contribution is -2.40. The van der Waals surface area contributed by atoms with Crippen molar-refractivity contribution in [2.45, 2.75) is 38.5 Å². The van der Waals surface area contributed by atoms with E-state index < -0.39 is 48.5 Å². The molecule has 9 nitrogen and oxygen atoms in total. The van der Waals surface area contributed by atoms with E-state index in [4.69, 9.17) is 9.84 Å². The van der Waals surface area contributed by atoms with Crippen molar-refractivity contribution in [3.8, 4) is 17.5 Å². The van der Waals surface area contributed by atoms with E-state index in [-0.39, 0.29) is 36.5 Å². The molecule has 15 heteroatoms. The Hall–Kier alpha value is -3.49. The van der Waals surface area contributed by atoms with Gasteiger partial charge in [0.1, 0.15) is 11.5 Å². The third-order valence-electron chi connectivity index (χ3n) is 4.60. The molecule has 0 bridgehead atoms. The molecule has 0 aliphatic carbocycles. The van der Waals surface area contributed by atoms with Gasteiger partial charge in [0.2, 0.25) is 0 Å². The topological polar surface area (TPSA) is 101 Å². The van der Waals surface area contributed by atoms with Gasteiger partial charge in [-0.25, -0.2) is 4.79 Å². The van der Waals surface area contributed by atoms with Gasteiger partial charge in [0.25, 0.3) is 5.56 Å². The number of rotatable bonds is 8. The lowest BCUT2D eigenvalue weighted by molar-refractivity contribution is -0.274. The molecule has 0 fully saturated rings. The fourth-order valence-electron chi connectivity index (χ4n) is 3.14. The van der Waals surface area contributed by atoms with Crippen molar-refractivity contribution in [2.24, 2.45) is 7.05 Å². The Morgan fingerprint density at radius 2 is 1.71 bits per heavy atom. The van der Waals surface area contributed by atoms with Crippen LogP contribution in [0.2, 0.25) is 0 Å². The zero-order valence-electron chi connectivity index (χ0n) is 17.5. The summed E-state index contributed by atoms with van der Waals surface area (Å²) in [6.07, 6.45) is -11.0. The number of aliphatic hydroxyl groups excluding tert-OH is 1. The maximum atomic E-state index is 13.0.